The van der Waals surface area contributed by atoms with Gasteiger partial charge in [0.05, 0.1) is 11.0 Å². The fourth-order valence-corrected chi connectivity index (χ4v) is 3.25. The Bertz CT molecular complexity index is 957. The summed E-state index contributed by atoms with van der Waals surface area (Å²) in [6.45, 7) is -0.0373. The van der Waals surface area contributed by atoms with Crippen molar-refractivity contribution in [2.75, 3.05) is 6.54 Å². The number of non-ortho nitro benzene ring substituents is 1. The number of nitro benzene ring substituents is 1. The van der Waals surface area contributed by atoms with Gasteiger partial charge >= 0.3 is 0 Å². The summed E-state index contributed by atoms with van der Waals surface area (Å²) in [4.78, 5) is 26.7. The van der Waals surface area contributed by atoms with Gasteiger partial charge in [-0.25, -0.2) is 4.98 Å². The molecule has 3 rings (SSSR count). The fourth-order valence-electron chi connectivity index (χ4n) is 2.32. The number of carbonyl (C=O) groups excluding carboxylic acids is 1. The summed E-state index contributed by atoms with van der Waals surface area (Å²) in [5, 5.41) is 26.3. The van der Waals surface area contributed by atoms with Crippen molar-refractivity contribution in [1.82, 2.24) is 10.3 Å². The number of nitro groups is 1. The number of benzene rings is 2. The predicted molar refractivity (Wildman–Crippen MR) is 103 cm³/mol. The van der Waals surface area contributed by atoms with E-state index in [4.69, 9.17) is 11.6 Å². The molecule has 2 aromatic carbocycles. The van der Waals surface area contributed by atoms with E-state index in [0.29, 0.717) is 15.6 Å². The molecule has 0 spiro atoms. The Morgan fingerprint density at radius 1 is 1.22 bits per heavy atom. The van der Waals surface area contributed by atoms with Crippen LogP contribution in [0, 0.1) is 10.1 Å². The van der Waals surface area contributed by atoms with Gasteiger partial charge in [0.1, 0.15) is 10.7 Å². The molecule has 9 heteroatoms. The highest BCUT2D eigenvalue weighted by Gasteiger charge is 2.15. The first-order chi connectivity index (χ1) is 12.9. The standard InChI is InChI=1S/C18H14ClN3O4S/c19-13-5-1-12(2-6-13)18-21-15(10-27-18)17(24)20-9-16(23)11-3-7-14(8-4-11)22(25)26/h1-8,10,16,23H,9H2,(H,20,24). The largest absolute Gasteiger partial charge is 0.387 e. The van der Waals surface area contributed by atoms with E-state index in [-0.39, 0.29) is 17.9 Å². The molecule has 138 valence electrons. The summed E-state index contributed by atoms with van der Waals surface area (Å²) in [6.07, 6.45) is -0.982. The quantitative estimate of drug-likeness (QED) is 0.480. The van der Waals surface area contributed by atoms with Gasteiger partial charge in [-0.15, -0.1) is 11.3 Å². The number of aliphatic hydroxyl groups excluding tert-OH is 1. The van der Waals surface area contributed by atoms with E-state index in [9.17, 15) is 20.0 Å². The Balaban J connectivity index is 1.60. The lowest BCUT2D eigenvalue weighted by atomic mass is 10.1. The number of nitrogens with zero attached hydrogens (tertiary/aromatic N) is 2. The first-order valence-electron chi connectivity index (χ1n) is 7.86. The highest BCUT2D eigenvalue weighted by molar-refractivity contribution is 7.13. The second-order valence-corrected chi connectivity index (χ2v) is 6.91. The van der Waals surface area contributed by atoms with E-state index < -0.39 is 16.9 Å². The Kier molecular flexibility index (Phi) is 5.80. The third kappa shape index (κ3) is 4.68. The van der Waals surface area contributed by atoms with Crippen LogP contribution in [0.2, 0.25) is 5.02 Å². The van der Waals surface area contributed by atoms with Crippen molar-refractivity contribution < 1.29 is 14.8 Å². The maximum absolute atomic E-state index is 12.2. The third-order valence-corrected chi connectivity index (χ3v) is 4.92. The van der Waals surface area contributed by atoms with Crippen molar-refractivity contribution in [2.24, 2.45) is 0 Å². The minimum atomic E-state index is -0.982. The highest BCUT2D eigenvalue weighted by atomic mass is 35.5. The smallest absolute Gasteiger partial charge is 0.270 e. The lowest BCUT2D eigenvalue weighted by molar-refractivity contribution is -0.384. The number of amides is 1. The summed E-state index contributed by atoms with van der Waals surface area (Å²) in [7, 11) is 0. The molecule has 0 radical (unpaired) electrons. The van der Waals surface area contributed by atoms with Crippen molar-refractivity contribution in [3.8, 4) is 10.6 Å². The molecule has 1 amide bonds. The van der Waals surface area contributed by atoms with Gasteiger partial charge in [0.15, 0.2) is 0 Å². The zero-order chi connectivity index (χ0) is 19.4. The summed E-state index contributed by atoms with van der Waals surface area (Å²) >= 11 is 7.19. The average Bonchev–Trinajstić information content (AvgIpc) is 3.16. The molecule has 3 aromatic rings. The Labute approximate surface area is 163 Å². The number of thiazole rings is 1. The number of aliphatic hydroxyl groups is 1. The van der Waals surface area contributed by atoms with Gasteiger partial charge in [-0.2, -0.15) is 0 Å². The second kappa shape index (κ2) is 8.26. The highest BCUT2D eigenvalue weighted by Crippen LogP contribution is 2.25. The lowest BCUT2D eigenvalue weighted by Crippen LogP contribution is -2.28. The molecule has 1 aromatic heterocycles. The van der Waals surface area contributed by atoms with E-state index in [1.54, 1.807) is 17.5 Å². The number of halogens is 1. The molecular weight excluding hydrogens is 390 g/mol. The SMILES string of the molecule is O=C(NCC(O)c1ccc([N+](=O)[O-])cc1)c1csc(-c2ccc(Cl)cc2)n1. The van der Waals surface area contributed by atoms with Crippen LogP contribution in [0.3, 0.4) is 0 Å². The predicted octanol–water partition coefficient (Wildman–Crippen LogP) is 3.84. The van der Waals surface area contributed by atoms with Crippen LogP contribution in [-0.4, -0.2) is 27.5 Å². The Morgan fingerprint density at radius 2 is 1.89 bits per heavy atom. The van der Waals surface area contributed by atoms with E-state index in [2.05, 4.69) is 10.3 Å². The van der Waals surface area contributed by atoms with Crippen molar-refractivity contribution in [3.63, 3.8) is 0 Å². The van der Waals surface area contributed by atoms with Gasteiger partial charge in [-0.05, 0) is 29.8 Å². The second-order valence-electron chi connectivity index (χ2n) is 5.62. The van der Waals surface area contributed by atoms with Crippen LogP contribution in [0.4, 0.5) is 5.69 Å². The van der Waals surface area contributed by atoms with Crippen molar-refractivity contribution in [2.45, 2.75) is 6.10 Å². The van der Waals surface area contributed by atoms with Crippen LogP contribution in [0.1, 0.15) is 22.2 Å². The van der Waals surface area contributed by atoms with Crippen molar-refractivity contribution in [3.05, 3.63) is 80.3 Å². The van der Waals surface area contributed by atoms with Crippen molar-refractivity contribution in [1.29, 1.82) is 0 Å². The average molecular weight is 404 g/mol. The number of carbonyl (C=O) groups is 1. The van der Waals surface area contributed by atoms with Crippen LogP contribution >= 0.6 is 22.9 Å². The molecule has 0 aliphatic heterocycles. The van der Waals surface area contributed by atoms with E-state index in [1.807, 2.05) is 12.1 Å². The first kappa shape index (κ1) is 19.0. The minimum absolute atomic E-state index is 0.0373. The van der Waals surface area contributed by atoms with Crippen LogP contribution in [0.25, 0.3) is 10.6 Å². The summed E-state index contributed by atoms with van der Waals surface area (Å²) in [6, 6.07) is 12.7. The monoisotopic (exact) mass is 403 g/mol. The van der Waals surface area contributed by atoms with Gasteiger partial charge in [-0.3, -0.25) is 14.9 Å². The maximum atomic E-state index is 12.2. The van der Waals surface area contributed by atoms with Crippen molar-refractivity contribution >= 4 is 34.5 Å². The molecule has 1 atom stereocenters. The van der Waals surface area contributed by atoms with Gasteiger partial charge < -0.3 is 10.4 Å². The molecule has 0 saturated heterocycles. The molecule has 1 heterocycles. The normalized spacial score (nSPS) is 11.8. The molecule has 0 fully saturated rings. The maximum Gasteiger partial charge on any atom is 0.270 e. The lowest BCUT2D eigenvalue weighted by Gasteiger charge is -2.11. The zero-order valence-corrected chi connectivity index (χ0v) is 15.4. The molecule has 0 aliphatic rings. The molecule has 0 saturated carbocycles. The fraction of sp³-hybridized carbons (Fsp3) is 0.111. The Hall–Kier alpha value is -2.81. The topological polar surface area (TPSA) is 105 Å². The summed E-state index contributed by atoms with van der Waals surface area (Å²) in [5.41, 5.74) is 1.52. The third-order valence-electron chi connectivity index (χ3n) is 3.77. The zero-order valence-electron chi connectivity index (χ0n) is 13.8. The van der Waals surface area contributed by atoms with Crippen LogP contribution < -0.4 is 5.32 Å². The molecule has 2 N–H and O–H groups in total. The number of hydrogen-bond donors (Lipinski definition) is 2. The van der Waals surface area contributed by atoms with Crippen LogP contribution in [-0.2, 0) is 0 Å². The number of nitrogens with one attached hydrogen (secondary N) is 1. The van der Waals surface area contributed by atoms with Crippen LogP contribution in [0.5, 0.6) is 0 Å². The van der Waals surface area contributed by atoms with E-state index >= 15 is 0 Å². The number of aromatic nitrogens is 1. The van der Waals surface area contributed by atoms with Gasteiger partial charge in [-0.1, -0.05) is 23.7 Å². The molecule has 1 unspecified atom stereocenters. The van der Waals surface area contributed by atoms with E-state index in [0.717, 1.165) is 5.56 Å². The Morgan fingerprint density at radius 3 is 2.52 bits per heavy atom. The molecule has 7 nitrogen and oxygen atoms in total. The summed E-state index contributed by atoms with van der Waals surface area (Å²) < 4.78 is 0. The van der Waals surface area contributed by atoms with Gasteiger partial charge in [0.2, 0.25) is 0 Å². The molecule has 27 heavy (non-hydrogen) atoms. The number of hydrogen-bond acceptors (Lipinski definition) is 6. The van der Waals surface area contributed by atoms with Gasteiger partial charge in [0, 0.05) is 34.6 Å². The van der Waals surface area contributed by atoms with Gasteiger partial charge in [0.25, 0.3) is 11.6 Å². The first-order valence-corrected chi connectivity index (χ1v) is 9.12. The molecular formula is C18H14ClN3O4S. The molecule has 0 bridgehead atoms. The van der Waals surface area contributed by atoms with E-state index in [1.165, 1.54) is 35.6 Å². The molecule has 0 aliphatic carbocycles. The van der Waals surface area contributed by atoms with Crippen LogP contribution in [0.15, 0.2) is 53.9 Å². The summed E-state index contributed by atoms with van der Waals surface area (Å²) in [5.74, 6) is -0.410. The number of rotatable bonds is 6. The minimum Gasteiger partial charge on any atom is -0.387 e.